The minimum Gasteiger partial charge on any atom is -0.326 e. The maximum absolute atomic E-state index is 6.42. The van der Waals surface area contributed by atoms with Gasteiger partial charge in [-0.15, -0.1) is 0 Å². The molecule has 118 valence electrons. The fraction of sp³-hybridized carbons (Fsp3) is 0.667. The van der Waals surface area contributed by atoms with Gasteiger partial charge in [-0.05, 0) is 56.8 Å². The molecule has 1 aromatic carbocycles. The van der Waals surface area contributed by atoms with E-state index in [-0.39, 0.29) is 12.1 Å². The van der Waals surface area contributed by atoms with E-state index in [1.807, 2.05) is 12.1 Å². The number of likely N-dealkylation sites (tertiary alicyclic amines) is 1. The van der Waals surface area contributed by atoms with E-state index in [1.54, 1.807) is 0 Å². The van der Waals surface area contributed by atoms with Crippen LogP contribution in [0.5, 0.6) is 0 Å². The van der Waals surface area contributed by atoms with Crippen molar-refractivity contribution in [3.05, 3.63) is 34.9 Å². The van der Waals surface area contributed by atoms with Crippen LogP contribution in [0.1, 0.15) is 57.6 Å². The van der Waals surface area contributed by atoms with E-state index in [1.165, 1.54) is 37.7 Å². The zero-order valence-corrected chi connectivity index (χ0v) is 14.1. The summed E-state index contributed by atoms with van der Waals surface area (Å²) in [5.41, 5.74) is 7.50. The lowest BCUT2D eigenvalue weighted by Crippen LogP contribution is -2.40. The number of benzene rings is 1. The topological polar surface area (TPSA) is 29.3 Å². The smallest absolute Gasteiger partial charge is 0.0511 e. The molecule has 2 rings (SSSR count). The molecule has 1 aliphatic rings. The van der Waals surface area contributed by atoms with Crippen LogP contribution in [0.15, 0.2) is 24.3 Å². The van der Waals surface area contributed by atoms with Gasteiger partial charge in [0.2, 0.25) is 0 Å². The van der Waals surface area contributed by atoms with E-state index in [0.717, 1.165) is 24.0 Å². The molecule has 0 radical (unpaired) electrons. The van der Waals surface area contributed by atoms with Crippen molar-refractivity contribution in [1.29, 1.82) is 0 Å². The summed E-state index contributed by atoms with van der Waals surface area (Å²) in [6, 6.07) is 8.49. The van der Waals surface area contributed by atoms with Gasteiger partial charge in [0.1, 0.15) is 0 Å². The van der Waals surface area contributed by atoms with Crippen molar-refractivity contribution in [2.75, 3.05) is 13.1 Å². The molecule has 1 saturated heterocycles. The predicted octanol–water partition coefficient (Wildman–Crippen LogP) is 4.63. The summed E-state index contributed by atoms with van der Waals surface area (Å²) in [5, 5.41) is 0.842. The lowest BCUT2D eigenvalue weighted by molar-refractivity contribution is 0.180. The molecule has 0 aromatic heterocycles. The van der Waals surface area contributed by atoms with Crippen LogP contribution in [0.2, 0.25) is 5.02 Å². The van der Waals surface area contributed by atoms with Crippen LogP contribution in [0.4, 0.5) is 0 Å². The normalized spacial score (nSPS) is 23.5. The zero-order chi connectivity index (χ0) is 15.2. The van der Waals surface area contributed by atoms with Crippen LogP contribution in [0.25, 0.3) is 0 Å². The van der Waals surface area contributed by atoms with Crippen molar-refractivity contribution in [2.24, 2.45) is 11.7 Å². The molecular weight excluding hydrogens is 280 g/mol. The van der Waals surface area contributed by atoms with Crippen LogP contribution in [-0.4, -0.2) is 24.0 Å². The molecule has 1 aliphatic heterocycles. The molecule has 2 nitrogen and oxygen atoms in total. The van der Waals surface area contributed by atoms with Crippen molar-refractivity contribution in [3.8, 4) is 0 Å². The van der Waals surface area contributed by atoms with Gasteiger partial charge in [0.25, 0.3) is 0 Å². The quantitative estimate of drug-likeness (QED) is 0.859. The maximum Gasteiger partial charge on any atom is 0.0511 e. The third-order valence-corrected chi connectivity index (χ3v) is 5.04. The van der Waals surface area contributed by atoms with Crippen molar-refractivity contribution >= 4 is 11.6 Å². The SMILES string of the molecule is CCCC1CCCN(C(c2ccccc2Cl)C(C)N)CC1. The third-order valence-electron chi connectivity index (χ3n) is 4.69. The molecule has 21 heavy (non-hydrogen) atoms. The van der Waals surface area contributed by atoms with Crippen LogP contribution >= 0.6 is 11.6 Å². The van der Waals surface area contributed by atoms with Gasteiger partial charge < -0.3 is 5.73 Å². The number of hydrogen-bond donors (Lipinski definition) is 1. The Morgan fingerprint density at radius 3 is 2.71 bits per heavy atom. The van der Waals surface area contributed by atoms with Crippen molar-refractivity contribution < 1.29 is 0 Å². The number of halogens is 1. The van der Waals surface area contributed by atoms with Crippen molar-refractivity contribution in [3.63, 3.8) is 0 Å². The standard InChI is InChI=1S/C18H29ClN2/c1-3-7-15-8-6-12-21(13-11-15)18(14(2)20)16-9-4-5-10-17(16)19/h4-5,9-10,14-15,18H,3,6-8,11-13,20H2,1-2H3. The Kier molecular flexibility index (Phi) is 6.53. The summed E-state index contributed by atoms with van der Waals surface area (Å²) in [6.45, 7) is 6.67. The first-order valence-electron chi connectivity index (χ1n) is 8.37. The fourth-order valence-electron chi connectivity index (χ4n) is 3.69. The minimum atomic E-state index is 0.0904. The Bertz CT molecular complexity index is 433. The Morgan fingerprint density at radius 2 is 2.05 bits per heavy atom. The molecule has 3 heteroatoms. The highest BCUT2D eigenvalue weighted by atomic mass is 35.5. The summed E-state index contributed by atoms with van der Waals surface area (Å²) in [7, 11) is 0. The summed E-state index contributed by atoms with van der Waals surface area (Å²) in [6.07, 6.45) is 6.59. The highest BCUT2D eigenvalue weighted by molar-refractivity contribution is 6.31. The zero-order valence-electron chi connectivity index (χ0n) is 13.4. The summed E-state index contributed by atoms with van der Waals surface area (Å²) in [5.74, 6) is 0.889. The highest BCUT2D eigenvalue weighted by Gasteiger charge is 2.27. The average Bonchev–Trinajstić information content (AvgIpc) is 2.67. The van der Waals surface area contributed by atoms with Crippen molar-refractivity contribution in [1.82, 2.24) is 4.90 Å². The lowest BCUT2D eigenvalue weighted by atomic mass is 9.95. The monoisotopic (exact) mass is 308 g/mol. The molecule has 2 N–H and O–H groups in total. The van der Waals surface area contributed by atoms with E-state index in [2.05, 4.69) is 30.9 Å². The predicted molar refractivity (Wildman–Crippen MR) is 91.7 cm³/mol. The molecular formula is C18H29ClN2. The first-order chi connectivity index (χ1) is 10.1. The molecule has 0 aliphatic carbocycles. The van der Waals surface area contributed by atoms with Gasteiger partial charge in [-0.25, -0.2) is 0 Å². The van der Waals surface area contributed by atoms with E-state index in [0.29, 0.717) is 0 Å². The second kappa shape index (κ2) is 8.17. The summed E-state index contributed by atoms with van der Waals surface area (Å²) >= 11 is 6.42. The Morgan fingerprint density at radius 1 is 1.29 bits per heavy atom. The van der Waals surface area contributed by atoms with E-state index >= 15 is 0 Å². The van der Waals surface area contributed by atoms with E-state index < -0.39 is 0 Å². The highest BCUT2D eigenvalue weighted by Crippen LogP contribution is 2.32. The largest absolute Gasteiger partial charge is 0.326 e. The number of nitrogens with zero attached hydrogens (tertiary/aromatic N) is 1. The average molecular weight is 309 g/mol. The molecule has 3 unspecified atom stereocenters. The summed E-state index contributed by atoms with van der Waals surface area (Å²) < 4.78 is 0. The molecule has 0 bridgehead atoms. The lowest BCUT2D eigenvalue weighted by Gasteiger charge is -2.34. The minimum absolute atomic E-state index is 0.0904. The van der Waals surface area contributed by atoms with Crippen LogP contribution in [-0.2, 0) is 0 Å². The maximum atomic E-state index is 6.42. The molecule has 3 atom stereocenters. The number of nitrogens with two attached hydrogens (primary N) is 1. The van der Waals surface area contributed by atoms with Crippen LogP contribution in [0.3, 0.4) is 0 Å². The van der Waals surface area contributed by atoms with Gasteiger partial charge in [-0.3, -0.25) is 4.90 Å². The van der Waals surface area contributed by atoms with Gasteiger partial charge in [0, 0.05) is 11.1 Å². The molecule has 0 saturated carbocycles. The molecule has 0 spiro atoms. The van der Waals surface area contributed by atoms with Gasteiger partial charge >= 0.3 is 0 Å². The van der Waals surface area contributed by atoms with Gasteiger partial charge in [-0.1, -0.05) is 49.6 Å². The Hall–Kier alpha value is -0.570. The number of hydrogen-bond acceptors (Lipinski definition) is 2. The van der Waals surface area contributed by atoms with Crippen molar-refractivity contribution in [2.45, 2.75) is 58.0 Å². The fourth-order valence-corrected chi connectivity index (χ4v) is 3.94. The second-order valence-corrected chi connectivity index (χ2v) is 6.85. The summed E-state index contributed by atoms with van der Waals surface area (Å²) in [4.78, 5) is 2.56. The first kappa shape index (κ1) is 16.8. The Balaban J connectivity index is 2.14. The van der Waals surface area contributed by atoms with E-state index in [9.17, 15) is 0 Å². The Labute approximate surface area is 134 Å². The van der Waals surface area contributed by atoms with Crippen LogP contribution in [0, 0.1) is 5.92 Å². The molecule has 1 heterocycles. The van der Waals surface area contributed by atoms with Gasteiger partial charge in [-0.2, -0.15) is 0 Å². The van der Waals surface area contributed by atoms with Gasteiger partial charge in [0.15, 0.2) is 0 Å². The second-order valence-electron chi connectivity index (χ2n) is 6.45. The molecule has 1 fully saturated rings. The van der Waals surface area contributed by atoms with E-state index in [4.69, 9.17) is 17.3 Å². The molecule has 1 aromatic rings. The first-order valence-corrected chi connectivity index (χ1v) is 8.75. The third kappa shape index (κ3) is 4.45. The van der Waals surface area contributed by atoms with Crippen LogP contribution < -0.4 is 5.73 Å². The van der Waals surface area contributed by atoms with Gasteiger partial charge in [0.05, 0.1) is 6.04 Å². The number of rotatable bonds is 5. The molecule has 0 amide bonds.